The number of para-hydroxylation sites is 1. The third-order valence-electron chi connectivity index (χ3n) is 6.69. The van der Waals surface area contributed by atoms with Crippen LogP contribution >= 0.6 is 7.75 Å². The van der Waals surface area contributed by atoms with E-state index < -0.39 is 56.5 Å². The molecule has 1 aromatic carbocycles. The quantitative estimate of drug-likeness (QED) is 0.135. The van der Waals surface area contributed by atoms with Gasteiger partial charge in [-0.1, -0.05) is 24.1 Å². The molecule has 1 saturated heterocycles. The van der Waals surface area contributed by atoms with E-state index in [0.717, 1.165) is 12.8 Å². The molecular weight excluding hydrogens is 567 g/mol. The van der Waals surface area contributed by atoms with Gasteiger partial charge in [-0.2, -0.15) is 5.09 Å². The fourth-order valence-electron chi connectivity index (χ4n) is 4.37. The molecule has 0 bridgehead atoms. The first-order valence-corrected chi connectivity index (χ1v) is 15.0. The molecule has 2 fully saturated rings. The van der Waals surface area contributed by atoms with Crippen LogP contribution in [0.5, 0.6) is 5.75 Å². The number of aromatic nitrogens is 4. The van der Waals surface area contributed by atoms with Crippen LogP contribution in [0, 0.1) is 12.3 Å². The molecule has 42 heavy (non-hydrogen) atoms. The Hall–Kier alpha value is -3.57. The second kappa shape index (κ2) is 12.0. The zero-order chi connectivity index (χ0) is 30.1. The number of esters is 1. The first-order chi connectivity index (χ1) is 20.0. The maximum absolute atomic E-state index is 13.9. The molecule has 14 nitrogen and oxygen atoms in total. The molecule has 15 heteroatoms. The number of benzene rings is 1. The van der Waals surface area contributed by atoms with Crippen molar-refractivity contribution in [2.24, 2.45) is 0 Å². The summed E-state index contributed by atoms with van der Waals surface area (Å²) in [7, 11) is -4.35. The summed E-state index contributed by atoms with van der Waals surface area (Å²) in [5.41, 5.74) is -1.17. The van der Waals surface area contributed by atoms with Gasteiger partial charge < -0.3 is 29.5 Å². The summed E-state index contributed by atoms with van der Waals surface area (Å²) >= 11 is 0. The van der Waals surface area contributed by atoms with Gasteiger partial charge >= 0.3 is 13.7 Å². The highest BCUT2D eigenvalue weighted by atomic mass is 31.2. The van der Waals surface area contributed by atoms with Crippen molar-refractivity contribution in [2.75, 3.05) is 11.9 Å². The van der Waals surface area contributed by atoms with Crippen molar-refractivity contribution in [3.63, 3.8) is 0 Å². The van der Waals surface area contributed by atoms with E-state index in [1.165, 1.54) is 24.1 Å². The van der Waals surface area contributed by atoms with E-state index in [1.54, 1.807) is 44.2 Å². The number of ether oxygens (including phenoxy) is 2. The number of terminal acetylenes is 1. The molecule has 1 aliphatic carbocycles. The fourth-order valence-corrected chi connectivity index (χ4v) is 5.89. The summed E-state index contributed by atoms with van der Waals surface area (Å²) in [5.74, 6) is 2.38. The number of fused-ring (bicyclic) bond motifs is 1. The van der Waals surface area contributed by atoms with Crippen molar-refractivity contribution in [3.8, 4) is 18.1 Å². The Kier molecular flexibility index (Phi) is 8.52. The van der Waals surface area contributed by atoms with E-state index >= 15 is 0 Å². The Bertz CT molecular complexity index is 1510. The minimum absolute atomic E-state index is 0.179. The average molecular weight is 601 g/mol. The number of nitrogens with one attached hydrogen (secondary N) is 2. The summed E-state index contributed by atoms with van der Waals surface area (Å²) in [6, 6.07) is 7.36. The number of carbonyl (C=O) groups excluding carboxylic acids is 1. The van der Waals surface area contributed by atoms with Crippen LogP contribution < -0.4 is 14.9 Å². The minimum Gasteiger partial charge on any atom is -0.462 e. The molecule has 0 amide bonds. The minimum atomic E-state index is -4.35. The molecule has 3 heterocycles. The SMILES string of the molecule is C#C[C@]1(CO[P@@](=O)(N[C@@H](C)C(=O)OC(C)C)Oc2ccccc2)O[C@@H](n2cnc3c(NC4CC4)ncnc32)[C@@H](O)C1O. The second-order valence-electron chi connectivity index (χ2n) is 10.5. The van der Waals surface area contributed by atoms with Crippen LogP contribution in [0.2, 0.25) is 0 Å². The van der Waals surface area contributed by atoms with Gasteiger partial charge in [0, 0.05) is 6.04 Å². The summed E-state index contributed by atoms with van der Waals surface area (Å²) in [4.78, 5) is 25.4. The second-order valence-corrected chi connectivity index (χ2v) is 12.1. The smallest absolute Gasteiger partial charge is 0.459 e. The number of aliphatic hydroxyl groups is 2. The Labute approximate surface area is 242 Å². The van der Waals surface area contributed by atoms with Gasteiger partial charge in [-0.25, -0.2) is 19.5 Å². The summed E-state index contributed by atoms with van der Waals surface area (Å²) < 4.78 is 38.0. The molecule has 0 radical (unpaired) electrons. The van der Waals surface area contributed by atoms with Crippen molar-refractivity contribution >= 4 is 30.7 Å². The van der Waals surface area contributed by atoms with Crippen molar-refractivity contribution in [2.45, 2.75) is 75.8 Å². The lowest BCUT2D eigenvalue weighted by Crippen LogP contribution is -2.46. The van der Waals surface area contributed by atoms with Gasteiger partial charge in [0.15, 0.2) is 28.8 Å². The highest BCUT2D eigenvalue weighted by Gasteiger charge is 2.56. The lowest BCUT2D eigenvalue weighted by Gasteiger charge is -2.29. The van der Waals surface area contributed by atoms with E-state index in [9.17, 15) is 19.6 Å². The van der Waals surface area contributed by atoms with Crippen LogP contribution in [0.15, 0.2) is 43.0 Å². The summed E-state index contributed by atoms with van der Waals surface area (Å²) in [5, 5.41) is 28.0. The van der Waals surface area contributed by atoms with E-state index in [0.29, 0.717) is 23.0 Å². The lowest BCUT2D eigenvalue weighted by atomic mass is 9.97. The van der Waals surface area contributed by atoms with Crippen LogP contribution in [0.3, 0.4) is 0 Å². The van der Waals surface area contributed by atoms with Crippen LogP contribution in [0.25, 0.3) is 11.2 Å². The molecule has 3 aromatic rings. The Morgan fingerprint density at radius 1 is 1.24 bits per heavy atom. The van der Waals surface area contributed by atoms with Crippen LogP contribution in [-0.4, -0.2) is 78.3 Å². The predicted molar refractivity (Wildman–Crippen MR) is 150 cm³/mol. The topological polar surface area (TPSA) is 179 Å². The van der Waals surface area contributed by atoms with E-state index in [4.69, 9.17) is 24.9 Å². The largest absolute Gasteiger partial charge is 0.462 e. The highest BCUT2D eigenvalue weighted by Crippen LogP contribution is 2.48. The monoisotopic (exact) mass is 600 g/mol. The fraction of sp³-hybridized carbons (Fsp3) is 0.481. The Morgan fingerprint density at radius 2 is 1.98 bits per heavy atom. The van der Waals surface area contributed by atoms with Gasteiger partial charge in [0.05, 0.1) is 12.4 Å². The first kappa shape index (κ1) is 29.9. The van der Waals surface area contributed by atoms with Gasteiger partial charge in [-0.05, 0) is 45.7 Å². The van der Waals surface area contributed by atoms with E-state index in [2.05, 4.69) is 31.3 Å². The van der Waals surface area contributed by atoms with E-state index in [1.807, 2.05) is 0 Å². The number of anilines is 1. The molecule has 1 unspecified atom stereocenters. The zero-order valence-corrected chi connectivity index (χ0v) is 24.2. The van der Waals surface area contributed by atoms with Crippen LogP contribution in [-0.2, 0) is 23.4 Å². The van der Waals surface area contributed by atoms with Crippen LogP contribution in [0.4, 0.5) is 5.82 Å². The third-order valence-corrected chi connectivity index (χ3v) is 8.32. The van der Waals surface area contributed by atoms with E-state index in [-0.39, 0.29) is 5.75 Å². The number of hydrogen-bond donors (Lipinski definition) is 4. The molecule has 4 N–H and O–H groups in total. The number of carbonyl (C=O) groups is 1. The molecule has 6 atom stereocenters. The van der Waals surface area contributed by atoms with Gasteiger partial charge in [-0.15, -0.1) is 6.42 Å². The molecule has 2 aliphatic rings. The predicted octanol–water partition coefficient (Wildman–Crippen LogP) is 2.16. The van der Waals surface area contributed by atoms with Gasteiger partial charge in [0.25, 0.3) is 0 Å². The maximum atomic E-state index is 13.9. The molecule has 1 saturated carbocycles. The molecular formula is C27H33N6O8P. The number of hydrogen-bond acceptors (Lipinski definition) is 12. The third kappa shape index (κ3) is 6.27. The van der Waals surface area contributed by atoms with Gasteiger partial charge in [0.1, 0.15) is 36.9 Å². The summed E-state index contributed by atoms with van der Waals surface area (Å²) in [6.45, 7) is 4.11. The Balaban J connectivity index is 1.38. The molecule has 5 rings (SSSR count). The Morgan fingerprint density at radius 3 is 2.64 bits per heavy atom. The standard InChI is InChI=1S/C27H33N6O8P/c1-5-27(13-38-42(37,41-19-9-7-6-8-10-19)32-17(4)26(36)39-16(2)3)22(35)21(34)25(40-27)33-15-30-20-23(31-18-11-12-18)28-14-29-24(20)33/h1,6-10,14-18,21-22,25,34-35H,11-13H2,2-4H3,(H,32,37)(H,28,29,31)/t17-,21-,22?,25+,27+,42-/m0/s1. The summed E-state index contributed by atoms with van der Waals surface area (Å²) in [6.07, 6.45) is 5.76. The van der Waals surface area contributed by atoms with Crippen molar-refractivity contribution in [1.29, 1.82) is 0 Å². The van der Waals surface area contributed by atoms with Gasteiger partial charge in [0.2, 0.25) is 0 Å². The molecule has 2 aromatic heterocycles. The highest BCUT2D eigenvalue weighted by molar-refractivity contribution is 7.52. The van der Waals surface area contributed by atoms with Crippen molar-refractivity contribution in [3.05, 3.63) is 43.0 Å². The average Bonchev–Trinajstić information content (AvgIpc) is 3.61. The molecule has 0 spiro atoms. The van der Waals surface area contributed by atoms with Gasteiger partial charge in [-0.3, -0.25) is 13.9 Å². The van der Waals surface area contributed by atoms with Crippen LogP contribution in [0.1, 0.15) is 39.8 Å². The number of nitrogens with zero attached hydrogens (tertiary/aromatic N) is 4. The first-order valence-electron chi connectivity index (χ1n) is 13.5. The maximum Gasteiger partial charge on any atom is 0.459 e. The van der Waals surface area contributed by atoms with Crippen molar-refractivity contribution < 1.29 is 38.1 Å². The molecule has 1 aliphatic heterocycles. The number of imidazole rings is 1. The number of rotatable bonds is 12. The lowest BCUT2D eigenvalue weighted by molar-refractivity contribution is -0.149. The number of aliphatic hydroxyl groups excluding tert-OH is 2. The van der Waals surface area contributed by atoms with Crippen molar-refractivity contribution in [1.82, 2.24) is 24.6 Å². The normalized spacial score (nSPS) is 26.0. The molecule has 224 valence electrons. The zero-order valence-electron chi connectivity index (χ0n) is 23.3.